The largest absolute Gasteiger partial charge is 0.457 e. The summed E-state index contributed by atoms with van der Waals surface area (Å²) in [6.07, 6.45) is 21.0. The van der Waals surface area contributed by atoms with Gasteiger partial charge in [-0.05, 0) is 44.9 Å². The molecule has 1 fully saturated rings. The summed E-state index contributed by atoms with van der Waals surface area (Å²) in [6, 6.07) is 0. The van der Waals surface area contributed by atoms with E-state index in [-0.39, 0.29) is 19.6 Å². The molecule has 1 rings (SSSR count). The Bertz CT molecular complexity index is 989. The Labute approximate surface area is 301 Å². The molecule has 1 heterocycles. The van der Waals surface area contributed by atoms with Gasteiger partial charge in [0, 0.05) is 13.0 Å². The highest BCUT2D eigenvalue weighted by molar-refractivity contribution is 7.80. The second kappa shape index (κ2) is 30.1. The van der Waals surface area contributed by atoms with Gasteiger partial charge >= 0.3 is 16.4 Å². The van der Waals surface area contributed by atoms with Gasteiger partial charge in [0.15, 0.2) is 6.29 Å². The number of carbonyl (C=O) groups excluding carboxylic acids is 1. The molecule has 1 aliphatic rings. The van der Waals surface area contributed by atoms with E-state index >= 15 is 0 Å². The molecular weight excluding hydrogens is 668 g/mol. The van der Waals surface area contributed by atoms with Crippen LogP contribution in [0.15, 0.2) is 24.3 Å². The number of aliphatic hydroxyl groups is 3. The first-order chi connectivity index (χ1) is 24.1. The molecule has 0 aromatic carbocycles. The molecule has 1 aliphatic heterocycles. The predicted molar refractivity (Wildman–Crippen MR) is 193 cm³/mol. The summed E-state index contributed by atoms with van der Waals surface area (Å²) >= 11 is 0. The topological polar surface area (TPSA) is 178 Å². The van der Waals surface area contributed by atoms with E-state index in [1.54, 1.807) is 0 Å². The van der Waals surface area contributed by atoms with Gasteiger partial charge in [0.05, 0.1) is 19.8 Å². The Kier molecular flexibility index (Phi) is 28.0. The van der Waals surface area contributed by atoms with Gasteiger partial charge in [-0.25, -0.2) is 4.18 Å². The minimum absolute atomic E-state index is 0.0306. The van der Waals surface area contributed by atoms with Crippen molar-refractivity contribution < 1.29 is 56.2 Å². The van der Waals surface area contributed by atoms with Crippen LogP contribution in [0.25, 0.3) is 0 Å². The minimum atomic E-state index is -5.05. The molecule has 4 N–H and O–H groups in total. The van der Waals surface area contributed by atoms with Crippen molar-refractivity contribution in [2.45, 2.75) is 179 Å². The third kappa shape index (κ3) is 23.9. The molecule has 0 spiro atoms. The summed E-state index contributed by atoms with van der Waals surface area (Å²) in [5.74, 6) is -0.411. The first-order valence-electron chi connectivity index (χ1n) is 19.1. The SMILES string of the molecule is CCCCC/C=C\C/C=C\CCCCCCCCOCC(COC1OC(CO)C(O)C(OS(=O)(=O)O)C1O)OC(=O)CCCCCCCCC. The zero-order chi connectivity index (χ0) is 36.9. The predicted octanol–water partition coefficient (Wildman–Crippen LogP) is 6.51. The van der Waals surface area contributed by atoms with Gasteiger partial charge in [-0.3, -0.25) is 9.35 Å². The van der Waals surface area contributed by atoms with Crippen LogP contribution in [0.1, 0.15) is 142 Å². The summed E-state index contributed by atoms with van der Waals surface area (Å²) in [5, 5.41) is 30.4. The third-order valence-electron chi connectivity index (χ3n) is 8.58. The van der Waals surface area contributed by atoms with Crippen molar-refractivity contribution in [1.29, 1.82) is 0 Å². The molecule has 0 radical (unpaired) electrons. The fraction of sp³-hybridized carbons (Fsp3) is 0.865. The molecule has 1 saturated heterocycles. The van der Waals surface area contributed by atoms with E-state index in [4.69, 9.17) is 23.5 Å². The van der Waals surface area contributed by atoms with Crippen LogP contribution >= 0.6 is 0 Å². The van der Waals surface area contributed by atoms with Gasteiger partial charge in [-0.1, -0.05) is 115 Å². The van der Waals surface area contributed by atoms with Crippen molar-refractivity contribution in [3.63, 3.8) is 0 Å². The van der Waals surface area contributed by atoms with Crippen molar-refractivity contribution in [2.75, 3.05) is 26.4 Å². The average Bonchev–Trinajstić information content (AvgIpc) is 3.08. The molecule has 294 valence electrons. The van der Waals surface area contributed by atoms with Crippen molar-refractivity contribution in [3.8, 4) is 0 Å². The maximum Gasteiger partial charge on any atom is 0.397 e. The first kappa shape index (κ1) is 46.6. The van der Waals surface area contributed by atoms with Crippen LogP contribution in [0.4, 0.5) is 0 Å². The molecule has 0 amide bonds. The van der Waals surface area contributed by atoms with Gasteiger partial charge in [0.25, 0.3) is 0 Å². The monoisotopic (exact) mass is 736 g/mol. The molecule has 0 aromatic rings. The van der Waals surface area contributed by atoms with E-state index in [0.29, 0.717) is 13.0 Å². The molecule has 13 heteroatoms. The van der Waals surface area contributed by atoms with E-state index in [9.17, 15) is 28.5 Å². The van der Waals surface area contributed by atoms with Crippen LogP contribution in [0.3, 0.4) is 0 Å². The van der Waals surface area contributed by atoms with E-state index in [1.165, 1.54) is 57.8 Å². The number of aliphatic hydroxyl groups excluding tert-OH is 3. The molecule has 0 bridgehead atoms. The normalized spacial score (nSPS) is 22.1. The highest BCUT2D eigenvalue weighted by Gasteiger charge is 2.48. The fourth-order valence-corrected chi connectivity index (χ4v) is 6.15. The number of hydrogen-bond acceptors (Lipinski definition) is 11. The van der Waals surface area contributed by atoms with Crippen LogP contribution in [0.2, 0.25) is 0 Å². The summed E-state index contributed by atoms with van der Waals surface area (Å²) < 4.78 is 58.6. The lowest BCUT2D eigenvalue weighted by Crippen LogP contribution is -2.60. The average molecular weight is 737 g/mol. The molecule has 12 nitrogen and oxygen atoms in total. The van der Waals surface area contributed by atoms with E-state index < -0.39 is 59.8 Å². The third-order valence-corrected chi connectivity index (χ3v) is 9.04. The van der Waals surface area contributed by atoms with E-state index in [0.717, 1.165) is 57.8 Å². The highest BCUT2D eigenvalue weighted by atomic mass is 32.3. The molecule has 0 aromatic heterocycles. The number of unbranched alkanes of at least 4 members (excludes halogenated alkanes) is 15. The van der Waals surface area contributed by atoms with Crippen molar-refractivity contribution >= 4 is 16.4 Å². The fourth-order valence-electron chi connectivity index (χ4n) is 5.64. The van der Waals surface area contributed by atoms with Crippen LogP contribution in [-0.2, 0) is 38.3 Å². The number of hydrogen-bond donors (Lipinski definition) is 4. The number of rotatable bonds is 32. The Morgan fingerprint density at radius 3 is 1.94 bits per heavy atom. The molecule has 0 aliphatic carbocycles. The van der Waals surface area contributed by atoms with E-state index in [2.05, 4.69) is 42.3 Å². The van der Waals surface area contributed by atoms with Gasteiger partial charge in [0.2, 0.25) is 0 Å². The maximum atomic E-state index is 12.6. The molecule has 0 saturated carbocycles. The molecule has 6 unspecified atom stereocenters. The zero-order valence-electron chi connectivity index (χ0n) is 30.7. The lowest BCUT2D eigenvalue weighted by atomic mass is 9.99. The first-order valence-corrected chi connectivity index (χ1v) is 20.5. The zero-order valence-corrected chi connectivity index (χ0v) is 31.5. The Morgan fingerprint density at radius 2 is 1.32 bits per heavy atom. The Balaban J connectivity index is 2.47. The summed E-state index contributed by atoms with van der Waals surface area (Å²) in [7, 11) is -5.05. The van der Waals surface area contributed by atoms with Crippen molar-refractivity contribution in [1.82, 2.24) is 0 Å². The van der Waals surface area contributed by atoms with Gasteiger partial charge in [-0.15, -0.1) is 0 Å². The number of esters is 1. The minimum Gasteiger partial charge on any atom is -0.457 e. The van der Waals surface area contributed by atoms with Gasteiger partial charge < -0.3 is 34.3 Å². The van der Waals surface area contributed by atoms with Crippen LogP contribution in [0, 0.1) is 0 Å². The summed E-state index contributed by atoms with van der Waals surface area (Å²) in [6.45, 7) is 3.86. The molecular formula is C37H68O12S. The lowest BCUT2D eigenvalue weighted by Gasteiger charge is -2.41. The quantitative estimate of drug-likeness (QED) is 0.0255. The number of ether oxygens (including phenoxy) is 4. The van der Waals surface area contributed by atoms with Gasteiger partial charge in [0.1, 0.15) is 30.5 Å². The van der Waals surface area contributed by atoms with Gasteiger partial charge in [-0.2, -0.15) is 8.42 Å². The van der Waals surface area contributed by atoms with Crippen LogP contribution in [0.5, 0.6) is 0 Å². The Morgan fingerprint density at radius 1 is 0.760 bits per heavy atom. The second-order valence-electron chi connectivity index (χ2n) is 13.2. The second-order valence-corrected chi connectivity index (χ2v) is 14.2. The summed E-state index contributed by atoms with van der Waals surface area (Å²) in [4.78, 5) is 12.6. The summed E-state index contributed by atoms with van der Waals surface area (Å²) in [5.41, 5.74) is 0. The molecule has 50 heavy (non-hydrogen) atoms. The van der Waals surface area contributed by atoms with E-state index in [1.807, 2.05) is 0 Å². The van der Waals surface area contributed by atoms with Crippen molar-refractivity contribution in [3.05, 3.63) is 24.3 Å². The maximum absolute atomic E-state index is 12.6. The van der Waals surface area contributed by atoms with Crippen LogP contribution < -0.4 is 0 Å². The smallest absolute Gasteiger partial charge is 0.397 e. The molecule has 6 atom stereocenters. The Hall–Kier alpha value is -1.42. The van der Waals surface area contributed by atoms with Crippen molar-refractivity contribution in [2.24, 2.45) is 0 Å². The number of carbonyl (C=O) groups is 1. The van der Waals surface area contributed by atoms with Crippen LogP contribution in [-0.4, -0.2) is 97.5 Å². The number of allylic oxidation sites excluding steroid dienone is 4. The lowest BCUT2D eigenvalue weighted by molar-refractivity contribution is -0.301. The standard InChI is InChI=1S/C37H68O12S/c1-3-5-7-9-11-12-13-14-15-16-17-18-19-21-23-25-27-45-29-31(47-33(39)26-24-22-20-10-8-6-4-2)30-46-37-35(41)36(49-50(42,43)44)34(40)32(28-38)48-37/h11-12,14-15,31-32,34-38,40-41H,3-10,13,16-30H2,1-2H3,(H,42,43,44)/b12-11-,15-14-. The highest BCUT2D eigenvalue weighted by Crippen LogP contribution is 2.26.